The Morgan fingerprint density at radius 2 is 1.77 bits per heavy atom. The van der Waals surface area contributed by atoms with Crippen LogP contribution in [-0.2, 0) is 18.9 Å². The average molecular weight is 547 g/mol. The van der Waals surface area contributed by atoms with Crippen molar-refractivity contribution >= 4 is 0 Å². The molecule has 4 aliphatic carbocycles. The molecule has 1 spiro atoms. The van der Waals surface area contributed by atoms with Gasteiger partial charge in [-0.05, 0) is 91.8 Å². The summed E-state index contributed by atoms with van der Waals surface area (Å²) in [6, 6.07) is 0. The molecule has 3 saturated heterocycles. The Morgan fingerprint density at radius 3 is 2.54 bits per heavy atom. The molecule has 220 valence electrons. The maximum absolute atomic E-state index is 10.4. The summed E-state index contributed by atoms with van der Waals surface area (Å²) in [5.74, 6) is 3.44. The number of aliphatic hydroxyl groups excluding tert-OH is 3. The molecule has 3 heterocycles. The molecule has 15 atom stereocenters. The van der Waals surface area contributed by atoms with Gasteiger partial charge in [0.25, 0.3) is 0 Å². The molecule has 39 heavy (non-hydrogen) atoms. The largest absolute Gasteiger partial charge is 0.388 e. The highest BCUT2D eigenvalue weighted by Gasteiger charge is 2.68. The number of aliphatic hydroxyl groups is 3. The van der Waals surface area contributed by atoms with E-state index in [2.05, 4.69) is 33.8 Å². The van der Waals surface area contributed by atoms with E-state index >= 15 is 0 Å². The smallest absolute Gasteiger partial charge is 0.186 e. The van der Waals surface area contributed by atoms with Gasteiger partial charge in [0.15, 0.2) is 12.1 Å². The number of rotatable bonds is 2. The van der Waals surface area contributed by atoms with Crippen LogP contribution in [0.4, 0.5) is 0 Å². The Balaban J connectivity index is 1.06. The molecule has 3 N–H and O–H groups in total. The molecular formula is C32H50O7. The fraction of sp³-hybridized carbons (Fsp3) is 0.938. The lowest BCUT2D eigenvalue weighted by atomic mass is 9.47. The summed E-state index contributed by atoms with van der Waals surface area (Å²) in [6.07, 6.45) is 8.43. The van der Waals surface area contributed by atoms with Gasteiger partial charge in [-0.1, -0.05) is 39.3 Å². The number of allylic oxidation sites excluding steroid dienone is 1. The van der Waals surface area contributed by atoms with Gasteiger partial charge in [-0.25, -0.2) is 0 Å². The highest BCUT2D eigenvalue weighted by molar-refractivity contribution is 5.26. The molecule has 0 aromatic carbocycles. The maximum atomic E-state index is 10.4. The third-order valence-electron chi connectivity index (χ3n) is 13.1. The lowest BCUT2D eigenvalue weighted by Gasteiger charge is -2.58. The van der Waals surface area contributed by atoms with Gasteiger partial charge in [0.1, 0.15) is 18.3 Å². The first kappa shape index (κ1) is 27.3. The first-order valence-corrected chi connectivity index (χ1v) is 15.9. The summed E-state index contributed by atoms with van der Waals surface area (Å²) in [4.78, 5) is 0. The van der Waals surface area contributed by atoms with Crippen LogP contribution in [0.3, 0.4) is 0 Å². The first-order valence-electron chi connectivity index (χ1n) is 15.9. The molecule has 0 unspecified atom stereocenters. The van der Waals surface area contributed by atoms with Crippen LogP contribution in [0.1, 0.15) is 85.5 Å². The zero-order valence-corrected chi connectivity index (χ0v) is 24.3. The summed E-state index contributed by atoms with van der Waals surface area (Å²) in [6.45, 7) is 10.6. The maximum Gasteiger partial charge on any atom is 0.186 e. The van der Waals surface area contributed by atoms with E-state index in [0.29, 0.717) is 47.0 Å². The van der Waals surface area contributed by atoms with E-state index in [1.807, 2.05) is 0 Å². The molecule has 0 bridgehead atoms. The van der Waals surface area contributed by atoms with Crippen molar-refractivity contribution in [3.63, 3.8) is 0 Å². The minimum absolute atomic E-state index is 0.0172. The van der Waals surface area contributed by atoms with E-state index in [0.717, 1.165) is 38.7 Å². The zero-order valence-electron chi connectivity index (χ0n) is 24.3. The Labute approximate surface area is 233 Å². The van der Waals surface area contributed by atoms with Crippen LogP contribution in [0.15, 0.2) is 11.6 Å². The molecule has 3 saturated carbocycles. The van der Waals surface area contributed by atoms with E-state index in [1.165, 1.54) is 31.3 Å². The van der Waals surface area contributed by atoms with Crippen molar-refractivity contribution in [1.29, 1.82) is 0 Å². The van der Waals surface area contributed by atoms with Crippen LogP contribution in [0.5, 0.6) is 0 Å². The van der Waals surface area contributed by atoms with Gasteiger partial charge in [-0.2, -0.15) is 0 Å². The second kappa shape index (κ2) is 9.48. The Morgan fingerprint density at radius 1 is 0.949 bits per heavy atom. The van der Waals surface area contributed by atoms with E-state index in [1.54, 1.807) is 0 Å². The third kappa shape index (κ3) is 4.00. The number of hydrogen-bond donors (Lipinski definition) is 3. The average Bonchev–Trinajstić information content (AvgIpc) is 3.36. The van der Waals surface area contributed by atoms with Crippen LogP contribution < -0.4 is 0 Å². The number of ether oxygens (including phenoxy) is 4. The Kier molecular flexibility index (Phi) is 6.64. The second-order valence-corrected chi connectivity index (χ2v) is 15.0. The van der Waals surface area contributed by atoms with Crippen LogP contribution >= 0.6 is 0 Å². The topological polar surface area (TPSA) is 97.6 Å². The lowest BCUT2D eigenvalue weighted by Crippen LogP contribution is -2.55. The van der Waals surface area contributed by atoms with E-state index in [4.69, 9.17) is 18.9 Å². The van der Waals surface area contributed by atoms with Gasteiger partial charge in [0, 0.05) is 12.3 Å². The van der Waals surface area contributed by atoms with Crippen molar-refractivity contribution in [3.05, 3.63) is 11.6 Å². The fourth-order valence-electron chi connectivity index (χ4n) is 10.8. The molecule has 7 rings (SSSR count). The zero-order chi connectivity index (χ0) is 27.3. The quantitative estimate of drug-likeness (QED) is 0.447. The predicted octanol–water partition coefficient (Wildman–Crippen LogP) is 4.18. The Hall–Kier alpha value is -0.540. The van der Waals surface area contributed by atoms with E-state index in [-0.39, 0.29) is 23.9 Å². The normalized spacial score (nSPS) is 58.8. The van der Waals surface area contributed by atoms with E-state index in [9.17, 15) is 15.3 Å². The third-order valence-corrected chi connectivity index (χ3v) is 13.1. The van der Waals surface area contributed by atoms with Crippen molar-refractivity contribution in [2.75, 3.05) is 13.2 Å². The van der Waals surface area contributed by atoms with Crippen molar-refractivity contribution in [3.8, 4) is 0 Å². The Bertz CT molecular complexity index is 976. The molecule has 6 fully saturated rings. The predicted molar refractivity (Wildman–Crippen MR) is 144 cm³/mol. The second-order valence-electron chi connectivity index (χ2n) is 15.0. The summed E-state index contributed by atoms with van der Waals surface area (Å²) in [5.41, 5.74) is 2.03. The molecule has 0 amide bonds. The van der Waals surface area contributed by atoms with Crippen molar-refractivity contribution in [1.82, 2.24) is 0 Å². The van der Waals surface area contributed by atoms with Gasteiger partial charge < -0.3 is 34.3 Å². The van der Waals surface area contributed by atoms with Crippen LogP contribution in [0, 0.1) is 46.3 Å². The minimum atomic E-state index is -1.23. The molecule has 3 aliphatic heterocycles. The van der Waals surface area contributed by atoms with Crippen molar-refractivity contribution in [2.24, 2.45) is 46.3 Å². The number of fused-ring (bicyclic) bond motifs is 7. The van der Waals surface area contributed by atoms with Gasteiger partial charge >= 0.3 is 0 Å². The molecule has 7 nitrogen and oxygen atoms in total. The first-order chi connectivity index (χ1) is 18.6. The molecule has 7 heteroatoms. The molecule has 0 radical (unpaired) electrons. The van der Waals surface area contributed by atoms with Gasteiger partial charge in [0.2, 0.25) is 0 Å². The summed E-state index contributed by atoms with van der Waals surface area (Å²) in [7, 11) is 0. The van der Waals surface area contributed by atoms with Crippen LogP contribution in [0.25, 0.3) is 0 Å². The summed E-state index contributed by atoms with van der Waals surface area (Å²) >= 11 is 0. The highest BCUT2D eigenvalue weighted by Crippen LogP contribution is 2.70. The van der Waals surface area contributed by atoms with Crippen LogP contribution in [-0.4, -0.2) is 71.1 Å². The van der Waals surface area contributed by atoms with E-state index < -0.39 is 24.6 Å². The van der Waals surface area contributed by atoms with Gasteiger partial charge in [-0.15, -0.1) is 0 Å². The monoisotopic (exact) mass is 546 g/mol. The molecule has 0 aromatic heterocycles. The summed E-state index contributed by atoms with van der Waals surface area (Å²) in [5, 5.41) is 30.2. The molecular weight excluding hydrogens is 496 g/mol. The van der Waals surface area contributed by atoms with Gasteiger partial charge in [0.05, 0.1) is 25.4 Å². The standard InChI is InChI=1S/C32H50O7/c1-17-7-12-32(37-15-17)18(2)26-25(39-32)14-23-21-6-5-19-13-20(38-29-28(35)27(34)24(33)16-36-29)8-10-30(19,3)22(21)9-11-31(23,26)4/h5,17-18,20-29,33-35H,6-16H2,1-4H3/t17-,18+,20+,21-,22+,23+,24-,25+,26+,27+,28-,29+,30+,31+,32-/m1/s1. The summed E-state index contributed by atoms with van der Waals surface area (Å²) < 4.78 is 25.2. The SMILES string of the molecule is C[C@@H]1CC[C@@]2(OC1)O[C@H]1C[C@H]3[C@@H]4CC=C5C[C@@H](O[C@@H]6OC[C@@H](O)[C@H](O)[C@H]6O)CC[C@]5(C)[C@H]4CC[C@]3(C)[C@H]1[C@@H]2C. The fourth-order valence-corrected chi connectivity index (χ4v) is 10.8. The minimum Gasteiger partial charge on any atom is -0.388 e. The lowest BCUT2D eigenvalue weighted by molar-refractivity contribution is -0.284. The van der Waals surface area contributed by atoms with Crippen molar-refractivity contribution < 1.29 is 34.3 Å². The van der Waals surface area contributed by atoms with Crippen molar-refractivity contribution in [2.45, 2.75) is 128 Å². The van der Waals surface area contributed by atoms with Crippen LogP contribution in [0.2, 0.25) is 0 Å². The highest BCUT2D eigenvalue weighted by atomic mass is 16.7. The molecule has 7 aliphatic rings. The molecule has 0 aromatic rings. The van der Waals surface area contributed by atoms with Gasteiger partial charge in [-0.3, -0.25) is 0 Å². The number of hydrogen-bond acceptors (Lipinski definition) is 7.